The minimum atomic E-state index is 0.984. The van der Waals surface area contributed by atoms with Gasteiger partial charge in [-0.2, -0.15) is 0 Å². The van der Waals surface area contributed by atoms with Crippen LogP contribution in [0.15, 0.2) is 29.6 Å². The Hall–Kier alpha value is -1.32. The molecule has 0 aliphatic carbocycles. The van der Waals surface area contributed by atoms with E-state index in [1.807, 2.05) is 0 Å². The van der Waals surface area contributed by atoms with Crippen LogP contribution < -0.4 is 5.73 Å². The molecule has 0 unspecified atom stereocenters. The van der Waals surface area contributed by atoms with E-state index >= 15 is 0 Å². The molecular formula is C14H16N2S. The Morgan fingerprint density at radius 1 is 1.29 bits per heavy atom. The zero-order chi connectivity index (χ0) is 11.8. The lowest BCUT2D eigenvalue weighted by molar-refractivity contribution is 0.313. The van der Waals surface area contributed by atoms with Crippen LogP contribution in [0.2, 0.25) is 0 Å². The minimum absolute atomic E-state index is 0.984. The van der Waals surface area contributed by atoms with Crippen molar-refractivity contribution < 1.29 is 0 Å². The van der Waals surface area contributed by atoms with Crippen LogP contribution >= 0.6 is 11.3 Å². The second-order valence-electron chi connectivity index (χ2n) is 4.63. The van der Waals surface area contributed by atoms with Crippen molar-refractivity contribution in [3.63, 3.8) is 0 Å². The van der Waals surface area contributed by atoms with Gasteiger partial charge >= 0.3 is 0 Å². The van der Waals surface area contributed by atoms with Crippen LogP contribution in [-0.2, 0) is 13.0 Å². The number of nitrogens with zero attached hydrogens (tertiary/aromatic N) is 1. The van der Waals surface area contributed by atoms with Gasteiger partial charge in [-0.05, 0) is 36.0 Å². The summed E-state index contributed by atoms with van der Waals surface area (Å²) in [5.41, 5.74) is 11.3. The summed E-state index contributed by atoms with van der Waals surface area (Å²) in [7, 11) is 2.16. The molecule has 0 saturated heterocycles. The topological polar surface area (TPSA) is 29.3 Å². The molecule has 17 heavy (non-hydrogen) atoms. The van der Waals surface area contributed by atoms with Gasteiger partial charge in [0.2, 0.25) is 0 Å². The van der Waals surface area contributed by atoms with Gasteiger partial charge in [-0.25, -0.2) is 0 Å². The zero-order valence-corrected chi connectivity index (χ0v) is 10.8. The summed E-state index contributed by atoms with van der Waals surface area (Å²) in [5, 5.41) is 2.10. The molecule has 1 aromatic heterocycles. The van der Waals surface area contributed by atoms with Gasteiger partial charge in [0.15, 0.2) is 0 Å². The molecule has 0 spiro atoms. The average molecular weight is 244 g/mol. The van der Waals surface area contributed by atoms with Gasteiger partial charge in [0.25, 0.3) is 0 Å². The molecule has 0 atom stereocenters. The third kappa shape index (κ3) is 1.85. The van der Waals surface area contributed by atoms with Crippen molar-refractivity contribution in [2.24, 2.45) is 0 Å². The number of nitrogen functional groups attached to an aromatic ring is 1. The van der Waals surface area contributed by atoms with Crippen LogP contribution in [0, 0.1) is 0 Å². The van der Waals surface area contributed by atoms with Crippen molar-refractivity contribution >= 4 is 17.0 Å². The van der Waals surface area contributed by atoms with Crippen molar-refractivity contribution in [2.75, 3.05) is 19.3 Å². The van der Waals surface area contributed by atoms with Gasteiger partial charge in [0, 0.05) is 29.2 Å². The number of thiophene rings is 1. The highest BCUT2D eigenvalue weighted by Gasteiger charge is 2.18. The number of likely N-dealkylation sites (N-methyl/N-ethyl adjacent to an activating group) is 1. The maximum Gasteiger partial charge on any atom is 0.0438 e. The van der Waals surface area contributed by atoms with Crippen LogP contribution in [0.3, 0.4) is 0 Å². The number of anilines is 1. The summed E-state index contributed by atoms with van der Waals surface area (Å²) in [6.45, 7) is 2.12. The Balaban J connectivity index is 2.10. The molecule has 2 N–H and O–H groups in total. The summed E-state index contributed by atoms with van der Waals surface area (Å²) >= 11 is 1.75. The smallest absolute Gasteiger partial charge is 0.0438 e. The summed E-state index contributed by atoms with van der Waals surface area (Å²) in [6.07, 6.45) is 1.07. The first-order valence-corrected chi connectivity index (χ1v) is 6.76. The second-order valence-corrected chi connectivity index (χ2v) is 5.58. The first kappa shape index (κ1) is 10.8. The first-order chi connectivity index (χ1) is 8.25. The largest absolute Gasteiger partial charge is 0.398 e. The molecule has 0 amide bonds. The molecule has 88 valence electrons. The minimum Gasteiger partial charge on any atom is -0.398 e. The zero-order valence-electron chi connectivity index (χ0n) is 9.94. The molecule has 2 heterocycles. The summed E-state index contributed by atoms with van der Waals surface area (Å²) < 4.78 is 0. The van der Waals surface area contributed by atoms with E-state index in [0.29, 0.717) is 0 Å². The molecule has 0 saturated carbocycles. The van der Waals surface area contributed by atoms with Crippen molar-refractivity contribution in [3.8, 4) is 10.4 Å². The van der Waals surface area contributed by atoms with E-state index in [1.54, 1.807) is 11.3 Å². The third-order valence-electron chi connectivity index (χ3n) is 3.42. The van der Waals surface area contributed by atoms with E-state index in [-0.39, 0.29) is 0 Å². The Morgan fingerprint density at radius 2 is 2.18 bits per heavy atom. The van der Waals surface area contributed by atoms with Crippen LogP contribution in [0.5, 0.6) is 0 Å². The molecule has 2 nitrogen and oxygen atoms in total. The molecule has 2 aromatic rings. The maximum atomic E-state index is 6.33. The number of fused-ring (bicyclic) bond motifs is 1. The molecule has 0 radical (unpaired) electrons. The number of benzene rings is 1. The predicted molar refractivity (Wildman–Crippen MR) is 74.2 cm³/mol. The molecule has 1 aromatic carbocycles. The van der Waals surface area contributed by atoms with Crippen molar-refractivity contribution in [1.82, 2.24) is 4.90 Å². The molecule has 0 fully saturated rings. The van der Waals surface area contributed by atoms with E-state index in [1.165, 1.54) is 21.6 Å². The standard InChI is InChI=1S/C14H16N2S/c1-16-7-6-11-10(9-16)4-5-12(14(11)15)13-3-2-8-17-13/h2-5,8H,6-7,9,15H2,1H3. The lowest BCUT2D eigenvalue weighted by atomic mass is 9.94. The average Bonchev–Trinajstić information content (AvgIpc) is 2.82. The van der Waals surface area contributed by atoms with Crippen molar-refractivity contribution in [1.29, 1.82) is 0 Å². The van der Waals surface area contributed by atoms with E-state index in [9.17, 15) is 0 Å². The normalized spacial score (nSPS) is 15.8. The molecule has 1 aliphatic rings. The quantitative estimate of drug-likeness (QED) is 0.781. The lowest BCUT2D eigenvalue weighted by Crippen LogP contribution is -2.27. The van der Waals surface area contributed by atoms with Gasteiger partial charge in [0.05, 0.1) is 0 Å². The van der Waals surface area contributed by atoms with Gasteiger partial charge in [-0.1, -0.05) is 18.2 Å². The SMILES string of the molecule is CN1CCc2c(ccc(-c3cccs3)c2N)C1. The molecule has 1 aliphatic heterocycles. The third-order valence-corrected chi connectivity index (χ3v) is 4.33. The summed E-state index contributed by atoms with van der Waals surface area (Å²) in [5.74, 6) is 0. The van der Waals surface area contributed by atoms with E-state index in [0.717, 1.165) is 25.2 Å². The van der Waals surface area contributed by atoms with Gasteiger partial charge in [-0.3, -0.25) is 0 Å². The van der Waals surface area contributed by atoms with Crippen molar-refractivity contribution in [2.45, 2.75) is 13.0 Å². The van der Waals surface area contributed by atoms with Crippen LogP contribution in [0.1, 0.15) is 11.1 Å². The Bertz CT molecular complexity index is 531. The van der Waals surface area contributed by atoms with E-state index in [4.69, 9.17) is 5.73 Å². The van der Waals surface area contributed by atoms with Crippen LogP contribution in [-0.4, -0.2) is 18.5 Å². The van der Waals surface area contributed by atoms with Crippen molar-refractivity contribution in [3.05, 3.63) is 40.8 Å². The fourth-order valence-electron chi connectivity index (χ4n) is 2.47. The Morgan fingerprint density at radius 3 is 2.94 bits per heavy atom. The Labute approximate surface area is 106 Å². The highest BCUT2D eigenvalue weighted by Crippen LogP contribution is 2.35. The fraction of sp³-hybridized carbons (Fsp3) is 0.286. The summed E-state index contributed by atoms with van der Waals surface area (Å²) in [4.78, 5) is 3.61. The van der Waals surface area contributed by atoms with Crippen LogP contribution in [0.4, 0.5) is 5.69 Å². The van der Waals surface area contributed by atoms with Crippen LogP contribution in [0.25, 0.3) is 10.4 Å². The van der Waals surface area contributed by atoms with Gasteiger partial charge in [-0.15, -0.1) is 11.3 Å². The molecule has 0 bridgehead atoms. The number of hydrogen-bond donors (Lipinski definition) is 1. The molecular weight excluding hydrogens is 228 g/mol. The number of nitrogens with two attached hydrogens (primary N) is 1. The lowest BCUT2D eigenvalue weighted by Gasteiger charge is -2.26. The molecule has 3 heteroatoms. The predicted octanol–water partition coefficient (Wildman–Crippen LogP) is 2.99. The number of rotatable bonds is 1. The van der Waals surface area contributed by atoms with E-state index in [2.05, 4.69) is 41.6 Å². The van der Waals surface area contributed by atoms with Gasteiger partial charge in [0.1, 0.15) is 0 Å². The second kappa shape index (κ2) is 4.17. The monoisotopic (exact) mass is 244 g/mol. The maximum absolute atomic E-state index is 6.33. The fourth-order valence-corrected chi connectivity index (χ4v) is 3.24. The first-order valence-electron chi connectivity index (χ1n) is 5.88. The highest BCUT2D eigenvalue weighted by atomic mass is 32.1. The van der Waals surface area contributed by atoms with Gasteiger partial charge < -0.3 is 10.6 Å². The number of hydrogen-bond acceptors (Lipinski definition) is 3. The highest BCUT2D eigenvalue weighted by molar-refractivity contribution is 7.13. The summed E-state index contributed by atoms with van der Waals surface area (Å²) in [6, 6.07) is 8.61. The molecule has 3 rings (SSSR count). The Kier molecular flexibility index (Phi) is 2.65. The van der Waals surface area contributed by atoms with E-state index < -0.39 is 0 Å².